The maximum Gasteiger partial charge on any atom is 0.122 e. The van der Waals surface area contributed by atoms with Crippen molar-refractivity contribution in [3.8, 4) is 0 Å². The van der Waals surface area contributed by atoms with Gasteiger partial charge in [-0.15, -0.1) is 0 Å². The molecule has 0 radical (unpaired) electrons. The molecule has 0 saturated carbocycles. The zero-order valence-electron chi connectivity index (χ0n) is 10.8. The quantitative estimate of drug-likeness (QED) is 0.794. The lowest BCUT2D eigenvalue weighted by Gasteiger charge is -2.24. The molecule has 0 bridgehead atoms. The fourth-order valence-electron chi connectivity index (χ4n) is 2.08. The first-order valence-electron chi connectivity index (χ1n) is 6.43. The molecule has 0 atom stereocenters. The molecule has 0 unspecified atom stereocenters. The monoisotopic (exact) mass is 234 g/mol. The average molecular weight is 234 g/mol. The summed E-state index contributed by atoms with van der Waals surface area (Å²) < 4.78 is 5.59. The van der Waals surface area contributed by atoms with Crippen molar-refractivity contribution >= 4 is 0 Å². The number of hydrogen-bond donors (Lipinski definition) is 1. The molecule has 0 amide bonds. The van der Waals surface area contributed by atoms with Crippen molar-refractivity contribution in [2.24, 2.45) is 0 Å². The van der Waals surface area contributed by atoms with Crippen molar-refractivity contribution in [1.82, 2.24) is 10.2 Å². The van der Waals surface area contributed by atoms with E-state index in [9.17, 15) is 0 Å². The molecule has 0 spiro atoms. The summed E-state index contributed by atoms with van der Waals surface area (Å²) in [5.41, 5.74) is 2.80. The van der Waals surface area contributed by atoms with Gasteiger partial charge in [0.05, 0.1) is 12.8 Å². The number of nitrogens with zero attached hydrogens (tertiary/aromatic N) is 1. The van der Waals surface area contributed by atoms with Crippen molar-refractivity contribution in [2.45, 2.75) is 33.4 Å². The van der Waals surface area contributed by atoms with Gasteiger partial charge >= 0.3 is 0 Å². The summed E-state index contributed by atoms with van der Waals surface area (Å²) in [5, 5.41) is 3.34. The predicted molar refractivity (Wildman–Crippen MR) is 69.7 cm³/mol. The van der Waals surface area contributed by atoms with Gasteiger partial charge in [0.1, 0.15) is 5.76 Å². The molecule has 2 rings (SSSR count). The Morgan fingerprint density at radius 2 is 2.35 bits per heavy atom. The zero-order chi connectivity index (χ0) is 12.1. The summed E-state index contributed by atoms with van der Waals surface area (Å²) in [6, 6.07) is 2.07. The van der Waals surface area contributed by atoms with Crippen LogP contribution in [0.4, 0.5) is 0 Å². The summed E-state index contributed by atoms with van der Waals surface area (Å²) in [6.07, 6.45) is 5.30. The lowest BCUT2D eigenvalue weighted by Crippen LogP contribution is -2.28. The first-order chi connectivity index (χ1) is 8.29. The van der Waals surface area contributed by atoms with Crippen LogP contribution in [0.2, 0.25) is 0 Å². The average Bonchev–Trinajstić information content (AvgIpc) is 2.77. The molecule has 1 N–H and O–H groups in total. The maximum absolute atomic E-state index is 5.59. The number of furan rings is 1. The van der Waals surface area contributed by atoms with Gasteiger partial charge in [0.25, 0.3) is 0 Å². The normalized spacial score (nSPS) is 17.2. The Morgan fingerprint density at radius 3 is 3.06 bits per heavy atom. The SMILES string of the molecule is CCNCc1ccoc1CN1CC=C(C)CC1. The molecule has 3 nitrogen and oxygen atoms in total. The largest absolute Gasteiger partial charge is 0.468 e. The Bertz CT molecular complexity index is 381. The molecule has 1 aromatic rings. The molecule has 0 saturated heterocycles. The first-order valence-corrected chi connectivity index (χ1v) is 6.43. The molecule has 0 fully saturated rings. The van der Waals surface area contributed by atoms with Crippen LogP contribution in [-0.2, 0) is 13.1 Å². The molecule has 1 aliphatic heterocycles. The van der Waals surface area contributed by atoms with Crippen molar-refractivity contribution in [3.63, 3.8) is 0 Å². The Kier molecular flexibility index (Phi) is 4.40. The standard InChI is InChI=1S/C14H22N2O/c1-3-15-10-13-6-9-17-14(13)11-16-7-4-12(2)5-8-16/h4,6,9,15H,3,5,7-8,10-11H2,1-2H3. The highest BCUT2D eigenvalue weighted by Gasteiger charge is 2.13. The summed E-state index contributed by atoms with van der Waals surface area (Å²) in [6.45, 7) is 9.36. The minimum absolute atomic E-state index is 0.908. The van der Waals surface area contributed by atoms with Crippen molar-refractivity contribution in [3.05, 3.63) is 35.3 Å². The van der Waals surface area contributed by atoms with E-state index in [1.165, 1.54) is 17.6 Å². The molecule has 1 aromatic heterocycles. The fraction of sp³-hybridized carbons (Fsp3) is 0.571. The topological polar surface area (TPSA) is 28.4 Å². The second-order valence-corrected chi connectivity index (χ2v) is 4.68. The van der Waals surface area contributed by atoms with E-state index in [-0.39, 0.29) is 0 Å². The summed E-state index contributed by atoms with van der Waals surface area (Å²) >= 11 is 0. The van der Waals surface area contributed by atoms with Crippen LogP contribution in [0.3, 0.4) is 0 Å². The van der Waals surface area contributed by atoms with Gasteiger partial charge in [0, 0.05) is 25.2 Å². The molecular formula is C14H22N2O. The van der Waals surface area contributed by atoms with E-state index in [0.717, 1.165) is 38.5 Å². The van der Waals surface area contributed by atoms with Gasteiger partial charge in [-0.2, -0.15) is 0 Å². The Balaban J connectivity index is 1.92. The van der Waals surface area contributed by atoms with Crippen LogP contribution in [0.1, 0.15) is 31.6 Å². The van der Waals surface area contributed by atoms with Crippen LogP contribution in [0, 0.1) is 0 Å². The fourth-order valence-corrected chi connectivity index (χ4v) is 2.08. The third kappa shape index (κ3) is 3.45. The van der Waals surface area contributed by atoms with Gasteiger partial charge in [-0.25, -0.2) is 0 Å². The Hall–Kier alpha value is -1.06. The first kappa shape index (κ1) is 12.4. The molecule has 17 heavy (non-hydrogen) atoms. The zero-order valence-corrected chi connectivity index (χ0v) is 10.8. The van der Waals surface area contributed by atoms with Crippen LogP contribution in [0.25, 0.3) is 0 Å². The van der Waals surface area contributed by atoms with E-state index in [4.69, 9.17) is 4.42 Å². The van der Waals surface area contributed by atoms with E-state index in [1.54, 1.807) is 6.26 Å². The molecule has 1 aliphatic rings. The minimum atomic E-state index is 0.908. The van der Waals surface area contributed by atoms with E-state index < -0.39 is 0 Å². The highest BCUT2D eigenvalue weighted by atomic mass is 16.3. The highest BCUT2D eigenvalue weighted by molar-refractivity contribution is 5.17. The van der Waals surface area contributed by atoms with E-state index in [0.29, 0.717) is 0 Å². The molecular weight excluding hydrogens is 212 g/mol. The lowest BCUT2D eigenvalue weighted by atomic mass is 10.1. The third-order valence-corrected chi connectivity index (χ3v) is 3.29. The van der Waals surface area contributed by atoms with Crippen molar-refractivity contribution < 1.29 is 4.42 Å². The molecule has 3 heteroatoms. The second-order valence-electron chi connectivity index (χ2n) is 4.68. The van der Waals surface area contributed by atoms with Crippen LogP contribution in [0.15, 0.2) is 28.4 Å². The van der Waals surface area contributed by atoms with Gasteiger partial charge in [-0.3, -0.25) is 4.90 Å². The van der Waals surface area contributed by atoms with Gasteiger partial charge < -0.3 is 9.73 Å². The summed E-state index contributed by atoms with van der Waals surface area (Å²) in [4.78, 5) is 2.43. The number of hydrogen-bond acceptors (Lipinski definition) is 3. The predicted octanol–water partition coefficient (Wildman–Crippen LogP) is 2.54. The van der Waals surface area contributed by atoms with Crippen LogP contribution >= 0.6 is 0 Å². The van der Waals surface area contributed by atoms with Gasteiger partial charge in [-0.05, 0) is 26.0 Å². The van der Waals surface area contributed by atoms with E-state index >= 15 is 0 Å². The smallest absolute Gasteiger partial charge is 0.122 e. The number of nitrogens with one attached hydrogen (secondary N) is 1. The van der Waals surface area contributed by atoms with Crippen molar-refractivity contribution in [2.75, 3.05) is 19.6 Å². The number of rotatable bonds is 5. The Labute approximate surface area is 103 Å². The molecule has 2 heterocycles. The summed E-state index contributed by atoms with van der Waals surface area (Å²) in [5.74, 6) is 1.11. The molecule has 0 aromatic carbocycles. The van der Waals surface area contributed by atoms with Gasteiger partial charge in [0.15, 0.2) is 0 Å². The van der Waals surface area contributed by atoms with E-state index in [2.05, 4.69) is 36.2 Å². The Morgan fingerprint density at radius 1 is 1.47 bits per heavy atom. The molecule has 0 aliphatic carbocycles. The van der Waals surface area contributed by atoms with E-state index in [1.807, 2.05) is 0 Å². The highest BCUT2D eigenvalue weighted by Crippen LogP contribution is 2.16. The second kappa shape index (κ2) is 6.03. The van der Waals surface area contributed by atoms with Crippen LogP contribution in [-0.4, -0.2) is 24.5 Å². The third-order valence-electron chi connectivity index (χ3n) is 3.29. The molecule has 94 valence electrons. The summed E-state index contributed by atoms with van der Waals surface area (Å²) in [7, 11) is 0. The van der Waals surface area contributed by atoms with Crippen molar-refractivity contribution in [1.29, 1.82) is 0 Å². The van der Waals surface area contributed by atoms with Crippen LogP contribution < -0.4 is 5.32 Å². The minimum Gasteiger partial charge on any atom is -0.468 e. The van der Waals surface area contributed by atoms with Crippen LogP contribution in [0.5, 0.6) is 0 Å². The van der Waals surface area contributed by atoms with Gasteiger partial charge in [-0.1, -0.05) is 18.6 Å². The maximum atomic E-state index is 5.59. The van der Waals surface area contributed by atoms with Gasteiger partial charge in [0.2, 0.25) is 0 Å². The lowest BCUT2D eigenvalue weighted by molar-refractivity contribution is 0.259.